The highest BCUT2D eigenvalue weighted by Gasteiger charge is 2.51. The molecule has 138 valence electrons. The Bertz CT molecular complexity index is 755. The van der Waals surface area contributed by atoms with Crippen LogP contribution in [0, 0.1) is 5.82 Å². The second-order valence-electron chi connectivity index (χ2n) is 7.52. The molecule has 3 heteroatoms. The van der Waals surface area contributed by atoms with Crippen molar-refractivity contribution < 1.29 is 13.9 Å². The van der Waals surface area contributed by atoms with Crippen molar-refractivity contribution in [3.05, 3.63) is 59.4 Å². The van der Waals surface area contributed by atoms with E-state index < -0.39 is 0 Å². The van der Waals surface area contributed by atoms with Crippen LogP contribution in [0.5, 0.6) is 11.5 Å². The lowest BCUT2D eigenvalue weighted by molar-refractivity contribution is 0.154. The van der Waals surface area contributed by atoms with E-state index >= 15 is 0 Å². The molecule has 1 saturated carbocycles. The molecule has 1 aliphatic carbocycles. The maximum atomic E-state index is 14.4. The highest BCUT2D eigenvalue weighted by molar-refractivity contribution is 5.53. The maximum Gasteiger partial charge on any atom is 0.165 e. The fraction of sp³-hybridized carbons (Fsp3) is 0.478. The summed E-state index contributed by atoms with van der Waals surface area (Å²) in [6.07, 6.45) is 7.68. The fourth-order valence-corrected chi connectivity index (χ4v) is 4.58. The van der Waals surface area contributed by atoms with Crippen molar-refractivity contribution >= 4 is 0 Å². The maximum absolute atomic E-state index is 14.4. The summed E-state index contributed by atoms with van der Waals surface area (Å²) in [5.74, 6) is 1.12. The van der Waals surface area contributed by atoms with Gasteiger partial charge in [0.05, 0.1) is 12.0 Å². The SMILES string of the molecule is CCCCOc1ccc(C23CCCCCC2Oc2c(F)cccc23)cc1. The van der Waals surface area contributed by atoms with Gasteiger partial charge in [-0.2, -0.15) is 0 Å². The van der Waals surface area contributed by atoms with E-state index in [0.717, 1.165) is 56.4 Å². The first-order valence-electron chi connectivity index (χ1n) is 9.94. The summed E-state index contributed by atoms with van der Waals surface area (Å²) in [6.45, 7) is 2.91. The average molecular weight is 354 g/mol. The first-order chi connectivity index (χ1) is 12.8. The van der Waals surface area contributed by atoms with Gasteiger partial charge in [0.1, 0.15) is 11.9 Å². The monoisotopic (exact) mass is 354 g/mol. The van der Waals surface area contributed by atoms with Crippen molar-refractivity contribution in [2.75, 3.05) is 6.61 Å². The van der Waals surface area contributed by atoms with E-state index in [1.54, 1.807) is 0 Å². The highest BCUT2D eigenvalue weighted by atomic mass is 19.1. The summed E-state index contributed by atoms with van der Waals surface area (Å²) in [6, 6.07) is 13.8. The number of ether oxygens (including phenoxy) is 2. The van der Waals surface area contributed by atoms with Crippen LogP contribution in [0.2, 0.25) is 0 Å². The Kier molecular flexibility index (Phi) is 4.88. The molecule has 0 saturated heterocycles. The van der Waals surface area contributed by atoms with Gasteiger partial charge in [-0.05, 0) is 49.4 Å². The molecule has 2 aliphatic rings. The molecule has 0 amide bonds. The Morgan fingerprint density at radius 2 is 1.96 bits per heavy atom. The molecular formula is C23H27FO2. The van der Waals surface area contributed by atoms with Crippen LogP contribution in [0.3, 0.4) is 0 Å². The Balaban J connectivity index is 1.72. The van der Waals surface area contributed by atoms with Crippen LogP contribution >= 0.6 is 0 Å². The fourth-order valence-electron chi connectivity index (χ4n) is 4.58. The van der Waals surface area contributed by atoms with Gasteiger partial charge in [0.15, 0.2) is 11.6 Å². The van der Waals surface area contributed by atoms with E-state index in [-0.39, 0.29) is 17.3 Å². The first kappa shape index (κ1) is 17.4. The lowest BCUT2D eigenvalue weighted by Crippen LogP contribution is -2.38. The molecule has 0 aromatic heterocycles. The molecule has 2 unspecified atom stereocenters. The largest absolute Gasteiger partial charge is 0.494 e. The second-order valence-corrected chi connectivity index (χ2v) is 7.52. The number of halogens is 1. The van der Waals surface area contributed by atoms with Crippen LogP contribution in [0.1, 0.15) is 63.0 Å². The Morgan fingerprint density at radius 3 is 2.77 bits per heavy atom. The molecule has 0 bridgehead atoms. The van der Waals surface area contributed by atoms with Gasteiger partial charge >= 0.3 is 0 Å². The Labute approximate surface area is 155 Å². The van der Waals surface area contributed by atoms with Crippen molar-refractivity contribution in [3.63, 3.8) is 0 Å². The van der Waals surface area contributed by atoms with Crippen LogP contribution in [0.4, 0.5) is 4.39 Å². The molecule has 4 rings (SSSR count). The second kappa shape index (κ2) is 7.30. The summed E-state index contributed by atoms with van der Waals surface area (Å²) in [5, 5.41) is 0. The summed E-state index contributed by atoms with van der Waals surface area (Å²) >= 11 is 0. The molecule has 1 fully saturated rings. The van der Waals surface area contributed by atoms with E-state index in [2.05, 4.69) is 37.3 Å². The van der Waals surface area contributed by atoms with Crippen LogP contribution in [0.25, 0.3) is 0 Å². The quantitative estimate of drug-likeness (QED) is 0.612. The molecule has 0 N–H and O–H groups in total. The third kappa shape index (κ3) is 2.87. The van der Waals surface area contributed by atoms with E-state index in [0.29, 0.717) is 5.75 Å². The van der Waals surface area contributed by atoms with Gasteiger partial charge in [0.25, 0.3) is 0 Å². The zero-order valence-electron chi connectivity index (χ0n) is 15.5. The molecule has 2 aromatic rings. The molecule has 0 radical (unpaired) electrons. The zero-order chi connectivity index (χ0) is 18.0. The lowest BCUT2D eigenvalue weighted by atomic mass is 9.69. The normalized spacial score (nSPS) is 24.3. The number of para-hydroxylation sites is 1. The van der Waals surface area contributed by atoms with Crippen LogP contribution in [-0.4, -0.2) is 12.7 Å². The van der Waals surface area contributed by atoms with Crippen LogP contribution < -0.4 is 9.47 Å². The van der Waals surface area contributed by atoms with Crippen molar-refractivity contribution in [1.29, 1.82) is 0 Å². The van der Waals surface area contributed by atoms with Gasteiger partial charge in [-0.25, -0.2) is 4.39 Å². The number of benzene rings is 2. The molecule has 1 aliphatic heterocycles. The molecule has 26 heavy (non-hydrogen) atoms. The van der Waals surface area contributed by atoms with Gasteiger partial charge in [0, 0.05) is 5.56 Å². The van der Waals surface area contributed by atoms with Crippen molar-refractivity contribution in [2.24, 2.45) is 0 Å². The predicted molar refractivity (Wildman–Crippen MR) is 102 cm³/mol. The van der Waals surface area contributed by atoms with Crippen LogP contribution in [-0.2, 0) is 5.41 Å². The van der Waals surface area contributed by atoms with E-state index in [9.17, 15) is 4.39 Å². The topological polar surface area (TPSA) is 18.5 Å². The number of fused-ring (bicyclic) bond motifs is 3. The minimum absolute atomic E-state index is 0.0174. The number of unbranched alkanes of at least 4 members (excludes halogenated alkanes) is 1. The van der Waals surface area contributed by atoms with E-state index in [4.69, 9.17) is 9.47 Å². The minimum Gasteiger partial charge on any atom is -0.494 e. The lowest BCUT2D eigenvalue weighted by Gasteiger charge is -2.34. The van der Waals surface area contributed by atoms with Gasteiger partial charge < -0.3 is 9.47 Å². The van der Waals surface area contributed by atoms with Gasteiger partial charge in [-0.15, -0.1) is 0 Å². The number of rotatable bonds is 5. The standard InChI is InChI=1S/C23H27FO2/c1-2-3-16-25-18-13-11-17(12-14-18)23-15-6-4-5-10-21(23)26-22-19(23)8-7-9-20(22)24/h7-9,11-14,21H,2-6,10,15-16H2,1H3. The minimum atomic E-state index is -0.241. The highest BCUT2D eigenvalue weighted by Crippen LogP contribution is 2.54. The summed E-state index contributed by atoms with van der Waals surface area (Å²) in [7, 11) is 0. The molecule has 2 aromatic carbocycles. The predicted octanol–water partition coefficient (Wildman–Crippen LogP) is 6.02. The third-order valence-corrected chi connectivity index (χ3v) is 5.93. The van der Waals surface area contributed by atoms with Gasteiger partial charge in [-0.3, -0.25) is 0 Å². The van der Waals surface area contributed by atoms with Crippen LogP contribution in [0.15, 0.2) is 42.5 Å². The first-order valence-corrected chi connectivity index (χ1v) is 9.94. The zero-order valence-corrected chi connectivity index (χ0v) is 15.5. The van der Waals surface area contributed by atoms with Gasteiger partial charge in [0.2, 0.25) is 0 Å². The molecule has 0 spiro atoms. The van der Waals surface area contributed by atoms with Crippen molar-refractivity contribution in [3.8, 4) is 11.5 Å². The van der Waals surface area contributed by atoms with Crippen molar-refractivity contribution in [2.45, 2.75) is 63.4 Å². The summed E-state index contributed by atoms with van der Waals surface area (Å²) < 4.78 is 26.4. The summed E-state index contributed by atoms with van der Waals surface area (Å²) in [4.78, 5) is 0. The third-order valence-electron chi connectivity index (χ3n) is 5.93. The Hall–Kier alpha value is -2.03. The van der Waals surface area contributed by atoms with Gasteiger partial charge in [-0.1, -0.05) is 50.5 Å². The smallest absolute Gasteiger partial charge is 0.165 e. The summed E-state index contributed by atoms with van der Waals surface area (Å²) in [5.41, 5.74) is 2.00. The average Bonchev–Trinajstić information content (AvgIpc) is 2.84. The van der Waals surface area contributed by atoms with E-state index in [1.807, 2.05) is 6.07 Å². The number of hydrogen-bond donors (Lipinski definition) is 0. The van der Waals surface area contributed by atoms with Crippen molar-refractivity contribution in [1.82, 2.24) is 0 Å². The van der Waals surface area contributed by atoms with E-state index in [1.165, 1.54) is 18.1 Å². The number of hydrogen-bond acceptors (Lipinski definition) is 2. The molecular weight excluding hydrogens is 327 g/mol. The molecule has 2 nitrogen and oxygen atoms in total. The Morgan fingerprint density at radius 1 is 1.12 bits per heavy atom. The molecule has 1 heterocycles. The molecule has 2 atom stereocenters.